The molecule has 0 radical (unpaired) electrons. The van der Waals surface area contributed by atoms with Crippen LogP contribution in [-0.2, 0) is 6.54 Å². The molecule has 0 N–H and O–H groups in total. The molecule has 0 spiro atoms. The lowest BCUT2D eigenvalue weighted by atomic mass is 10.4. The number of aromatic nitrogens is 2. The summed E-state index contributed by atoms with van der Waals surface area (Å²) in [5.74, 6) is 0. The Hall–Kier alpha value is -1.05. The molecule has 2 nitrogen and oxygen atoms in total. The second kappa shape index (κ2) is 3.88. The highest BCUT2D eigenvalue weighted by atomic mass is 15.0. The van der Waals surface area contributed by atoms with Gasteiger partial charge >= 0.3 is 0 Å². The molecule has 0 saturated heterocycles. The molecule has 0 aliphatic rings. The first-order chi connectivity index (χ1) is 4.93. The summed E-state index contributed by atoms with van der Waals surface area (Å²) in [5, 5.41) is 0. The molecule has 1 aromatic heterocycles. The maximum Gasteiger partial charge on any atom is 0.0946 e. The molecule has 0 atom stereocenters. The Morgan fingerprint density at radius 2 is 2.50 bits per heavy atom. The largest absolute Gasteiger partial charge is 0.337 e. The Balaban J connectivity index is 2.28. The second-order valence-electron chi connectivity index (χ2n) is 2.16. The number of allylic oxidation sites excluding steroid dienone is 2. The molecule has 1 aromatic rings. The van der Waals surface area contributed by atoms with Crippen molar-refractivity contribution in [3.63, 3.8) is 0 Å². The summed E-state index contributed by atoms with van der Waals surface area (Å²) >= 11 is 0. The van der Waals surface area contributed by atoms with Crippen LogP contribution < -0.4 is 0 Å². The van der Waals surface area contributed by atoms with Crippen LogP contribution in [0.5, 0.6) is 0 Å². The predicted molar refractivity (Wildman–Crippen MR) is 41.7 cm³/mol. The Morgan fingerprint density at radius 1 is 1.60 bits per heavy atom. The van der Waals surface area contributed by atoms with Gasteiger partial charge in [-0.15, -0.1) is 0 Å². The van der Waals surface area contributed by atoms with E-state index in [0.717, 1.165) is 13.0 Å². The predicted octanol–water partition coefficient (Wildman–Crippen LogP) is 1.85. The standard InChI is InChI=1S/C8H12N2/c1-2-3-4-6-10-7-5-9-8-10/h2-3,5,7-8H,4,6H2,1H3/b3-2+. The first kappa shape index (κ1) is 7.06. The minimum absolute atomic E-state index is 1.03. The van der Waals surface area contributed by atoms with E-state index < -0.39 is 0 Å². The van der Waals surface area contributed by atoms with E-state index in [1.54, 1.807) is 6.20 Å². The van der Waals surface area contributed by atoms with Gasteiger partial charge in [0.2, 0.25) is 0 Å². The maximum absolute atomic E-state index is 3.94. The van der Waals surface area contributed by atoms with Crippen molar-refractivity contribution in [1.29, 1.82) is 0 Å². The van der Waals surface area contributed by atoms with Crippen LogP contribution >= 0.6 is 0 Å². The van der Waals surface area contributed by atoms with Crippen molar-refractivity contribution >= 4 is 0 Å². The van der Waals surface area contributed by atoms with E-state index in [9.17, 15) is 0 Å². The van der Waals surface area contributed by atoms with Crippen LogP contribution in [0.4, 0.5) is 0 Å². The maximum atomic E-state index is 3.94. The molecule has 1 heterocycles. The molecule has 0 saturated carbocycles. The third kappa shape index (κ3) is 2.05. The summed E-state index contributed by atoms with van der Waals surface area (Å²) in [6, 6.07) is 0. The molecule has 2 heteroatoms. The number of rotatable bonds is 3. The van der Waals surface area contributed by atoms with Gasteiger partial charge < -0.3 is 4.57 Å². The van der Waals surface area contributed by atoms with Gasteiger partial charge in [-0.2, -0.15) is 0 Å². The minimum Gasteiger partial charge on any atom is -0.337 e. The van der Waals surface area contributed by atoms with E-state index in [0.29, 0.717) is 0 Å². The van der Waals surface area contributed by atoms with Crippen LogP contribution in [0.15, 0.2) is 30.9 Å². The third-order valence-electron chi connectivity index (χ3n) is 1.35. The fourth-order valence-electron chi connectivity index (χ4n) is 0.809. The minimum atomic E-state index is 1.03. The quantitative estimate of drug-likeness (QED) is 0.580. The van der Waals surface area contributed by atoms with Gasteiger partial charge in [-0.1, -0.05) is 12.2 Å². The molecule has 1 rings (SSSR count). The van der Waals surface area contributed by atoms with Crippen molar-refractivity contribution in [3.8, 4) is 0 Å². The fourth-order valence-corrected chi connectivity index (χ4v) is 0.809. The van der Waals surface area contributed by atoms with Gasteiger partial charge in [0.05, 0.1) is 6.33 Å². The Labute approximate surface area is 61.2 Å². The van der Waals surface area contributed by atoms with Crippen molar-refractivity contribution in [3.05, 3.63) is 30.9 Å². The van der Waals surface area contributed by atoms with Gasteiger partial charge in [-0.3, -0.25) is 0 Å². The summed E-state index contributed by atoms with van der Waals surface area (Å²) in [6.45, 7) is 3.07. The van der Waals surface area contributed by atoms with E-state index in [-0.39, 0.29) is 0 Å². The van der Waals surface area contributed by atoms with E-state index in [4.69, 9.17) is 0 Å². The number of hydrogen-bond donors (Lipinski definition) is 0. The summed E-state index contributed by atoms with van der Waals surface area (Å²) < 4.78 is 2.07. The third-order valence-corrected chi connectivity index (χ3v) is 1.35. The number of hydrogen-bond acceptors (Lipinski definition) is 1. The monoisotopic (exact) mass is 136 g/mol. The van der Waals surface area contributed by atoms with Crippen molar-refractivity contribution in [2.45, 2.75) is 19.9 Å². The van der Waals surface area contributed by atoms with Gasteiger partial charge in [-0.25, -0.2) is 4.98 Å². The van der Waals surface area contributed by atoms with E-state index in [2.05, 4.69) is 21.7 Å². The Bertz CT molecular complexity index is 187. The van der Waals surface area contributed by atoms with Crippen molar-refractivity contribution in [1.82, 2.24) is 9.55 Å². The highest BCUT2D eigenvalue weighted by Crippen LogP contribution is 1.90. The summed E-state index contributed by atoms with van der Waals surface area (Å²) in [6.07, 6.45) is 10.9. The normalized spacial score (nSPS) is 10.9. The molecule has 0 amide bonds. The van der Waals surface area contributed by atoms with Gasteiger partial charge in [0.15, 0.2) is 0 Å². The number of aryl methyl sites for hydroxylation is 1. The van der Waals surface area contributed by atoms with E-state index >= 15 is 0 Å². The SMILES string of the molecule is C/C=C/CCn1ccnc1. The molecule has 0 fully saturated rings. The fraction of sp³-hybridized carbons (Fsp3) is 0.375. The summed E-state index contributed by atoms with van der Waals surface area (Å²) in [4.78, 5) is 3.94. The van der Waals surface area contributed by atoms with Crippen molar-refractivity contribution < 1.29 is 0 Å². The Kier molecular flexibility index (Phi) is 2.74. The Morgan fingerprint density at radius 3 is 3.10 bits per heavy atom. The van der Waals surface area contributed by atoms with E-state index in [1.807, 2.05) is 19.4 Å². The smallest absolute Gasteiger partial charge is 0.0946 e. The molecule has 0 bridgehead atoms. The average molecular weight is 136 g/mol. The first-order valence-corrected chi connectivity index (χ1v) is 3.50. The molecule has 0 aliphatic heterocycles. The zero-order valence-corrected chi connectivity index (χ0v) is 6.20. The molecule has 0 unspecified atom stereocenters. The van der Waals surface area contributed by atoms with Crippen LogP contribution in [0.3, 0.4) is 0 Å². The molecular weight excluding hydrogens is 124 g/mol. The lowest BCUT2D eigenvalue weighted by Gasteiger charge is -1.95. The highest BCUT2D eigenvalue weighted by molar-refractivity contribution is 4.79. The van der Waals surface area contributed by atoms with Gasteiger partial charge in [0, 0.05) is 18.9 Å². The lowest BCUT2D eigenvalue weighted by molar-refractivity contribution is 0.709. The number of imidazole rings is 1. The van der Waals surface area contributed by atoms with Gasteiger partial charge in [-0.05, 0) is 13.3 Å². The van der Waals surface area contributed by atoms with Crippen LogP contribution in [0, 0.1) is 0 Å². The van der Waals surface area contributed by atoms with Crippen LogP contribution in [0.1, 0.15) is 13.3 Å². The zero-order valence-electron chi connectivity index (χ0n) is 6.20. The molecule has 10 heavy (non-hydrogen) atoms. The summed E-state index contributed by atoms with van der Waals surface area (Å²) in [7, 11) is 0. The lowest BCUT2D eigenvalue weighted by Crippen LogP contribution is -1.91. The molecular formula is C8H12N2. The number of nitrogens with zero attached hydrogens (tertiary/aromatic N) is 2. The summed E-state index contributed by atoms with van der Waals surface area (Å²) in [5.41, 5.74) is 0. The molecule has 0 aliphatic carbocycles. The van der Waals surface area contributed by atoms with E-state index in [1.165, 1.54) is 0 Å². The molecule has 54 valence electrons. The van der Waals surface area contributed by atoms with Crippen molar-refractivity contribution in [2.75, 3.05) is 0 Å². The van der Waals surface area contributed by atoms with Crippen LogP contribution in [-0.4, -0.2) is 9.55 Å². The molecule has 0 aromatic carbocycles. The van der Waals surface area contributed by atoms with Crippen LogP contribution in [0.25, 0.3) is 0 Å². The average Bonchev–Trinajstić information content (AvgIpc) is 2.41. The van der Waals surface area contributed by atoms with Gasteiger partial charge in [0.25, 0.3) is 0 Å². The highest BCUT2D eigenvalue weighted by Gasteiger charge is 1.84. The van der Waals surface area contributed by atoms with Crippen molar-refractivity contribution in [2.24, 2.45) is 0 Å². The topological polar surface area (TPSA) is 17.8 Å². The first-order valence-electron chi connectivity index (χ1n) is 3.50. The second-order valence-corrected chi connectivity index (χ2v) is 2.16. The van der Waals surface area contributed by atoms with Gasteiger partial charge in [0.1, 0.15) is 0 Å². The zero-order chi connectivity index (χ0) is 7.23. The van der Waals surface area contributed by atoms with Crippen LogP contribution in [0.2, 0.25) is 0 Å².